The fourth-order valence-electron chi connectivity index (χ4n) is 12.5. The highest BCUT2D eigenvalue weighted by atomic mass is 16.6. The zero-order chi connectivity index (χ0) is 55.5. The molecule has 0 amide bonds. The average Bonchev–Trinajstić information content (AvgIpc) is 3.52. The Bertz CT molecular complexity index is 3040. The summed E-state index contributed by atoms with van der Waals surface area (Å²) in [5.74, 6) is 2.08. The topological polar surface area (TPSA) is 121 Å². The lowest BCUT2D eigenvalue weighted by Crippen LogP contribution is -2.42. The van der Waals surface area contributed by atoms with Crippen LogP contribution in [0.2, 0.25) is 0 Å². The number of ether oxygens (including phenoxy) is 8. The highest BCUT2D eigenvalue weighted by Crippen LogP contribution is 2.39. The molecular formula is C68H76N4O10. The molecule has 6 aromatic rings. The van der Waals surface area contributed by atoms with Gasteiger partial charge in [0.25, 0.3) is 0 Å². The average molecular weight is 1110 g/mol. The summed E-state index contributed by atoms with van der Waals surface area (Å²) in [5.41, 5.74) is 7.01. The van der Waals surface area contributed by atoms with Gasteiger partial charge in [-0.25, -0.2) is 9.59 Å². The van der Waals surface area contributed by atoms with Gasteiger partial charge < -0.3 is 37.9 Å². The van der Waals surface area contributed by atoms with E-state index >= 15 is 0 Å². The van der Waals surface area contributed by atoms with E-state index in [0.29, 0.717) is 61.1 Å². The maximum absolute atomic E-state index is 13.9. The first-order chi connectivity index (χ1) is 40.4. The van der Waals surface area contributed by atoms with Crippen LogP contribution in [0.3, 0.4) is 0 Å². The van der Waals surface area contributed by atoms with Crippen molar-refractivity contribution < 1.29 is 47.5 Å². The first kappa shape index (κ1) is 55.5. The predicted molar refractivity (Wildman–Crippen MR) is 319 cm³/mol. The van der Waals surface area contributed by atoms with Crippen molar-refractivity contribution in [1.82, 2.24) is 19.6 Å². The van der Waals surface area contributed by atoms with Crippen molar-refractivity contribution in [1.29, 1.82) is 0 Å². The second-order valence-corrected chi connectivity index (χ2v) is 22.7. The van der Waals surface area contributed by atoms with Crippen LogP contribution in [-0.4, -0.2) is 175 Å². The van der Waals surface area contributed by atoms with E-state index in [0.717, 1.165) is 129 Å². The lowest BCUT2D eigenvalue weighted by atomic mass is 9.88. The van der Waals surface area contributed by atoms with Crippen LogP contribution in [0, 0.1) is 0 Å². The van der Waals surface area contributed by atoms with Crippen LogP contribution in [0.1, 0.15) is 59.8 Å². The molecule has 0 aromatic heterocycles. The van der Waals surface area contributed by atoms with E-state index < -0.39 is 24.1 Å². The molecule has 4 saturated heterocycles. The minimum atomic E-state index is -0.656. The van der Waals surface area contributed by atoms with Crippen LogP contribution in [0.25, 0.3) is 33.7 Å². The maximum atomic E-state index is 13.9. The van der Waals surface area contributed by atoms with E-state index in [9.17, 15) is 9.59 Å². The van der Waals surface area contributed by atoms with E-state index in [4.69, 9.17) is 37.9 Å². The first-order valence-electron chi connectivity index (χ1n) is 29.7. The minimum Gasteiger partial charge on any atom is -0.486 e. The van der Waals surface area contributed by atoms with E-state index in [1.54, 1.807) is 0 Å². The number of piperidine rings is 2. The molecule has 14 heteroatoms. The molecule has 0 radical (unpaired) electrons. The molecule has 82 heavy (non-hydrogen) atoms. The molecule has 12 rings (SSSR count). The fourth-order valence-corrected chi connectivity index (χ4v) is 12.5. The van der Waals surface area contributed by atoms with Crippen molar-refractivity contribution in [3.63, 3.8) is 0 Å². The number of rotatable bonds is 20. The van der Waals surface area contributed by atoms with E-state index in [1.807, 2.05) is 36.4 Å². The number of carbonyl (C=O) groups excluding carboxylic acids is 2. The Morgan fingerprint density at radius 3 is 1.32 bits per heavy atom. The number of carbonyl (C=O) groups is 2. The second kappa shape index (κ2) is 26.9. The number of hydrogen-bond acceptors (Lipinski definition) is 14. The predicted octanol–water partition coefficient (Wildman–Crippen LogP) is 9.81. The Kier molecular flexibility index (Phi) is 18.2. The molecule has 6 aliphatic heterocycles. The molecule has 6 aliphatic rings. The lowest BCUT2D eigenvalue weighted by molar-refractivity contribution is -0.148. The van der Waals surface area contributed by atoms with Gasteiger partial charge in [0.15, 0.2) is 23.0 Å². The summed E-state index contributed by atoms with van der Waals surface area (Å²) in [5, 5.41) is 4.99. The van der Waals surface area contributed by atoms with Crippen molar-refractivity contribution in [2.45, 2.75) is 49.7 Å². The summed E-state index contributed by atoms with van der Waals surface area (Å²) < 4.78 is 49.3. The highest BCUT2D eigenvalue weighted by Gasteiger charge is 2.29. The molecule has 4 fully saturated rings. The van der Waals surface area contributed by atoms with Crippen LogP contribution >= 0.6 is 0 Å². The fraction of sp³-hybridized carbons (Fsp3) is 0.412. The van der Waals surface area contributed by atoms with Crippen molar-refractivity contribution in [2.24, 2.45) is 0 Å². The monoisotopic (exact) mass is 1110 g/mol. The smallest absolute Gasteiger partial charge is 0.331 e. The number of para-hydroxylation sites is 2. The van der Waals surface area contributed by atoms with Crippen LogP contribution in [-0.2, 0) is 28.5 Å². The molecule has 0 N–H and O–H groups in total. The number of morpholine rings is 2. The first-order valence-corrected chi connectivity index (χ1v) is 29.7. The maximum Gasteiger partial charge on any atom is 0.331 e. The van der Waals surface area contributed by atoms with E-state index in [1.165, 1.54) is 56.0 Å². The lowest BCUT2D eigenvalue weighted by Gasteiger charge is -2.34. The minimum absolute atomic E-state index is 0.0909. The summed E-state index contributed by atoms with van der Waals surface area (Å²) in [6, 6.07) is 42.4. The summed E-state index contributed by atoms with van der Waals surface area (Å²) >= 11 is 0. The third-order valence-corrected chi connectivity index (χ3v) is 17.0. The Hall–Kier alpha value is -7.04. The molecule has 0 saturated carbocycles. The van der Waals surface area contributed by atoms with E-state index in [2.05, 4.69) is 117 Å². The molecule has 0 bridgehead atoms. The van der Waals surface area contributed by atoms with Crippen LogP contribution in [0.4, 0.5) is 0 Å². The third-order valence-electron chi connectivity index (χ3n) is 17.0. The normalized spacial score (nSPS) is 19.5. The molecule has 2 unspecified atom stereocenters. The molecule has 6 heterocycles. The zero-order valence-corrected chi connectivity index (χ0v) is 47.0. The van der Waals surface area contributed by atoms with Crippen LogP contribution in [0.15, 0.2) is 145 Å². The quantitative estimate of drug-likeness (QED) is 0.0533. The van der Waals surface area contributed by atoms with Gasteiger partial charge in [-0.2, -0.15) is 0 Å². The molecular weight excluding hydrogens is 1030 g/mol. The Labute approximate surface area is 481 Å². The van der Waals surface area contributed by atoms with Crippen molar-refractivity contribution in [3.8, 4) is 23.0 Å². The Morgan fingerprint density at radius 2 is 0.890 bits per heavy atom. The van der Waals surface area contributed by atoms with Crippen LogP contribution in [0.5, 0.6) is 23.0 Å². The number of nitrogens with zero attached hydrogens (tertiary/aromatic N) is 4. The molecule has 14 nitrogen and oxygen atoms in total. The summed E-state index contributed by atoms with van der Waals surface area (Å²) in [7, 11) is 0. The zero-order valence-electron chi connectivity index (χ0n) is 47.0. The van der Waals surface area contributed by atoms with Gasteiger partial charge >= 0.3 is 11.9 Å². The number of hydrogen-bond donors (Lipinski definition) is 0. The number of fused-ring (bicyclic) bond motifs is 4. The largest absolute Gasteiger partial charge is 0.486 e. The van der Waals surface area contributed by atoms with Crippen LogP contribution < -0.4 is 18.9 Å². The van der Waals surface area contributed by atoms with Gasteiger partial charge in [-0.15, -0.1) is 0 Å². The van der Waals surface area contributed by atoms with Crippen molar-refractivity contribution in [2.75, 3.05) is 131 Å². The summed E-state index contributed by atoms with van der Waals surface area (Å²) in [4.78, 5) is 37.3. The van der Waals surface area contributed by atoms with Gasteiger partial charge in [0.1, 0.15) is 38.6 Å². The van der Waals surface area contributed by atoms with Gasteiger partial charge in [0.2, 0.25) is 0 Å². The van der Waals surface area contributed by atoms with Gasteiger partial charge in [-0.3, -0.25) is 19.6 Å². The van der Waals surface area contributed by atoms with Gasteiger partial charge in [0.05, 0.1) is 26.4 Å². The second-order valence-electron chi connectivity index (χ2n) is 22.7. The number of benzene rings is 6. The van der Waals surface area contributed by atoms with Gasteiger partial charge in [0, 0.05) is 75.6 Å². The third kappa shape index (κ3) is 14.4. The number of esters is 2. The Balaban J connectivity index is 0.712. The molecule has 6 aromatic carbocycles. The van der Waals surface area contributed by atoms with Crippen molar-refractivity contribution >= 4 is 45.6 Å². The SMILES string of the molecule is O=C(/C=C\C(=O)OC(COc1cccc2c1OCC(CN1CCOCC1)=C2)CN1CCC(c2ccc3ccccc3c2)CC1)OC(COc1cccc2c1OCC(CN1CCOCC1)=C2)CN1CCC(c2ccc3ccccc3c2)CC1. The molecule has 0 spiro atoms. The van der Waals surface area contributed by atoms with Crippen molar-refractivity contribution in [3.05, 3.63) is 167 Å². The van der Waals surface area contributed by atoms with Gasteiger partial charge in [-0.1, -0.05) is 109 Å². The molecule has 0 aliphatic carbocycles. The standard InChI is InChI=1S/C68H76N4O10/c73-65(81-61(43-69-25-21-53(22-26-69)57-17-15-51-7-1-3-9-55(51)39-57)47-77-63-13-5-11-59-37-49(45-79-67(59)63)41-71-29-33-75-34-30-71)19-20-66(74)82-62(44-70-27-23-54(24-28-70)58-18-16-52-8-2-4-10-56(52)40-58)48-78-64-14-6-12-60-38-50(46-80-68(60)64)42-72-31-35-76-36-32-72/h1-20,37-40,53-54,61-62H,21-36,41-48H2/b20-19-. The highest BCUT2D eigenvalue weighted by molar-refractivity contribution is 5.92. The van der Waals surface area contributed by atoms with E-state index in [-0.39, 0.29) is 13.2 Å². The van der Waals surface area contributed by atoms with Gasteiger partial charge in [-0.05, 0) is 132 Å². The summed E-state index contributed by atoms with van der Waals surface area (Å²) in [6.07, 6.45) is 9.33. The number of likely N-dealkylation sites (tertiary alicyclic amines) is 2. The Morgan fingerprint density at radius 1 is 0.476 bits per heavy atom. The molecule has 2 atom stereocenters. The molecule has 428 valence electrons. The summed E-state index contributed by atoms with van der Waals surface area (Å²) in [6.45, 7) is 13.6.